The Kier molecular flexibility index (Phi) is 11.3. The number of carbonyl (C=O) groups is 2. The van der Waals surface area contributed by atoms with Crippen LogP contribution in [0.5, 0.6) is 11.6 Å². The smallest absolute Gasteiger partial charge is 0.278 e. The number of hydrogen-bond donors (Lipinski definition) is 5. The Morgan fingerprint density at radius 2 is 1.94 bits per heavy atom. The fourth-order valence-electron chi connectivity index (χ4n) is 5.40. The number of nitrogens with one attached hydrogen (secondary N) is 4. The number of methoxy groups -OCH3 is 2. The molecule has 246 valence electrons. The third-order valence-electron chi connectivity index (χ3n) is 7.89. The van der Waals surface area contributed by atoms with Gasteiger partial charge in [0.1, 0.15) is 0 Å². The normalized spacial score (nSPS) is 14.1. The molecule has 13 heteroatoms. The summed E-state index contributed by atoms with van der Waals surface area (Å²) in [6.07, 6.45) is 4.66. The number of aliphatic hydroxyl groups excluding tert-OH is 1. The summed E-state index contributed by atoms with van der Waals surface area (Å²) in [5.74, 6) is 0.469. The fourth-order valence-corrected chi connectivity index (χ4v) is 5.71. The number of halogens is 1. The number of rotatable bonds is 14. The molecule has 0 aliphatic carbocycles. The number of anilines is 1. The van der Waals surface area contributed by atoms with Gasteiger partial charge in [0.15, 0.2) is 11.4 Å². The minimum atomic E-state index is -0.427. The largest absolute Gasteiger partial charge is 0.494 e. The molecule has 1 saturated heterocycles. The number of aliphatic hydroxyl groups is 1. The van der Waals surface area contributed by atoms with Crippen molar-refractivity contribution in [3.8, 4) is 34.1 Å². The summed E-state index contributed by atoms with van der Waals surface area (Å²) in [6, 6.07) is 13.0. The van der Waals surface area contributed by atoms with Crippen molar-refractivity contribution in [2.45, 2.75) is 38.9 Å². The molecule has 0 unspecified atom stereocenters. The molecule has 47 heavy (non-hydrogen) atoms. The predicted molar refractivity (Wildman–Crippen MR) is 180 cm³/mol. The van der Waals surface area contributed by atoms with Crippen LogP contribution in [0.25, 0.3) is 22.5 Å². The molecule has 12 nitrogen and oxygen atoms in total. The Labute approximate surface area is 278 Å². The maximum Gasteiger partial charge on any atom is 0.278 e. The van der Waals surface area contributed by atoms with Crippen LogP contribution in [0.2, 0.25) is 5.02 Å². The lowest BCUT2D eigenvalue weighted by atomic mass is 10.0. The van der Waals surface area contributed by atoms with E-state index < -0.39 is 5.91 Å². The second-order valence-corrected chi connectivity index (χ2v) is 11.4. The second-order valence-electron chi connectivity index (χ2n) is 11.0. The summed E-state index contributed by atoms with van der Waals surface area (Å²) in [7, 11) is 3.06. The standard InChI is InChI=1S/C34H38ClN7O5/c1-20-24(5-4-6-26(20)41-33(45)32-28(46-2)15-21(17-39-32)16-36-13-14-43)31-30(35)25(11-12-38-31)27-9-7-22(34(42-27)47-3)18-37-19-23-8-10-29(44)40-23/h4-7,9,11-12,15,17,23,36-37,43H,8,10,13-14,16,18-19H2,1-3H3,(H,40,44)(H,41,45)/t23-/m1/s1. The van der Waals surface area contributed by atoms with Gasteiger partial charge in [0.05, 0.1) is 37.2 Å². The minimum Gasteiger partial charge on any atom is -0.494 e. The molecule has 1 aliphatic heterocycles. The second kappa shape index (κ2) is 15.8. The molecule has 5 N–H and O–H groups in total. The van der Waals surface area contributed by atoms with Gasteiger partial charge < -0.3 is 35.8 Å². The number of benzene rings is 1. The van der Waals surface area contributed by atoms with Crippen LogP contribution in [0.3, 0.4) is 0 Å². The number of hydrogen-bond acceptors (Lipinski definition) is 10. The molecule has 0 radical (unpaired) electrons. The maximum absolute atomic E-state index is 13.3. The van der Waals surface area contributed by atoms with Gasteiger partial charge in [-0.25, -0.2) is 9.97 Å². The first kappa shape index (κ1) is 33.7. The fraction of sp³-hybridized carbons (Fsp3) is 0.324. The first-order valence-corrected chi connectivity index (χ1v) is 15.6. The average molecular weight is 660 g/mol. The van der Waals surface area contributed by atoms with E-state index in [1.165, 1.54) is 7.11 Å². The van der Waals surface area contributed by atoms with Crippen molar-refractivity contribution < 1.29 is 24.2 Å². The molecule has 1 aliphatic rings. The molecule has 0 bridgehead atoms. The molecule has 5 rings (SSSR count). The number of nitrogens with zero attached hydrogens (tertiary/aromatic N) is 3. The molecule has 3 aromatic heterocycles. The van der Waals surface area contributed by atoms with Crippen molar-refractivity contribution in [3.63, 3.8) is 0 Å². The topological polar surface area (TPSA) is 160 Å². The zero-order valence-corrected chi connectivity index (χ0v) is 27.3. The highest BCUT2D eigenvalue weighted by Gasteiger charge is 2.22. The zero-order valence-electron chi connectivity index (χ0n) is 26.5. The lowest BCUT2D eigenvalue weighted by Gasteiger charge is -2.16. The number of amides is 2. The summed E-state index contributed by atoms with van der Waals surface area (Å²) >= 11 is 6.98. The van der Waals surface area contributed by atoms with Gasteiger partial charge in [-0.3, -0.25) is 14.6 Å². The van der Waals surface area contributed by atoms with Crippen molar-refractivity contribution in [1.82, 2.24) is 30.9 Å². The van der Waals surface area contributed by atoms with Crippen molar-refractivity contribution in [1.29, 1.82) is 0 Å². The summed E-state index contributed by atoms with van der Waals surface area (Å²) < 4.78 is 11.1. The molecule has 1 atom stereocenters. The van der Waals surface area contributed by atoms with Crippen LogP contribution < -0.4 is 30.7 Å². The maximum atomic E-state index is 13.3. The first-order chi connectivity index (χ1) is 22.8. The Hall–Kier alpha value is -4.62. The van der Waals surface area contributed by atoms with Crippen LogP contribution in [0.4, 0.5) is 5.69 Å². The van der Waals surface area contributed by atoms with Crippen LogP contribution in [-0.4, -0.2) is 71.8 Å². The van der Waals surface area contributed by atoms with Gasteiger partial charge in [-0.1, -0.05) is 29.8 Å². The highest BCUT2D eigenvalue weighted by atomic mass is 35.5. The van der Waals surface area contributed by atoms with E-state index in [1.54, 1.807) is 37.7 Å². The Morgan fingerprint density at radius 3 is 2.68 bits per heavy atom. The third kappa shape index (κ3) is 8.03. The third-order valence-corrected chi connectivity index (χ3v) is 8.27. The number of carbonyl (C=O) groups excluding carboxylic acids is 2. The molecule has 2 amide bonds. The van der Waals surface area contributed by atoms with E-state index in [4.69, 9.17) is 31.2 Å². The number of aromatic nitrogens is 3. The van der Waals surface area contributed by atoms with Gasteiger partial charge >= 0.3 is 0 Å². The van der Waals surface area contributed by atoms with Gasteiger partial charge in [0.2, 0.25) is 11.8 Å². The minimum absolute atomic E-state index is 0.0238. The van der Waals surface area contributed by atoms with E-state index in [0.717, 1.165) is 28.7 Å². The Balaban J connectivity index is 1.34. The van der Waals surface area contributed by atoms with Crippen LogP contribution >= 0.6 is 11.6 Å². The molecule has 4 heterocycles. The number of pyridine rings is 3. The molecular weight excluding hydrogens is 622 g/mol. The highest BCUT2D eigenvalue weighted by molar-refractivity contribution is 6.35. The van der Waals surface area contributed by atoms with Gasteiger partial charge in [0.25, 0.3) is 5.91 Å². The Morgan fingerprint density at radius 1 is 1.09 bits per heavy atom. The molecule has 1 aromatic carbocycles. The number of ether oxygens (including phenoxy) is 2. The summed E-state index contributed by atoms with van der Waals surface area (Å²) in [5.41, 5.74) is 5.76. The van der Waals surface area contributed by atoms with Crippen molar-refractivity contribution in [3.05, 3.63) is 82.3 Å². The van der Waals surface area contributed by atoms with Gasteiger partial charge in [-0.15, -0.1) is 0 Å². The average Bonchev–Trinajstić information content (AvgIpc) is 3.50. The van der Waals surface area contributed by atoms with Crippen LogP contribution in [0.15, 0.2) is 54.9 Å². The lowest BCUT2D eigenvalue weighted by Crippen LogP contribution is -2.35. The highest BCUT2D eigenvalue weighted by Crippen LogP contribution is 2.38. The molecule has 0 spiro atoms. The summed E-state index contributed by atoms with van der Waals surface area (Å²) in [4.78, 5) is 38.5. The van der Waals surface area contributed by atoms with Crippen LogP contribution in [0, 0.1) is 6.92 Å². The van der Waals surface area contributed by atoms with Crippen molar-refractivity contribution in [2.24, 2.45) is 0 Å². The molecule has 1 fully saturated rings. The van der Waals surface area contributed by atoms with Crippen molar-refractivity contribution >= 4 is 29.1 Å². The molecular formula is C34H38ClN7O5. The predicted octanol–water partition coefficient (Wildman–Crippen LogP) is 3.89. The summed E-state index contributed by atoms with van der Waals surface area (Å²) in [5, 5.41) is 21.8. The van der Waals surface area contributed by atoms with E-state index >= 15 is 0 Å². The van der Waals surface area contributed by atoms with E-state index in [0.29, 0.717) is 71.9 Å². The molecule has 4 aromatic rings. The van der Waals surface area contributed by atoms with Crippen molar-refractivity contribution in [2.75, 3.05) is 39.2 Å². The van der Waals surface area contributed by atoms with Crippen LogP contribution in [-0.2, 0) is 17.9 Å². The van der Waals surface area contributed by atoms with E-state index in [9.17, 15) is 9.59 Å². The summed E-state index contributed by atoms with van der Waals surface area (Å²) in [6.45, 7) is 4.03. The molecule has 0 saturated carbocycles. The van der Waals surface area contributed by atoms with Gasteiger partial charge in [-0.05, 0) is 48.7 Å². The quantitative estimate of drug-likeness (QED) is 0.126. The monoisotopic (exact) mass is 659 g/mol. The Bertz CT molecular complexity index is 1750. The van der Waals surface area contributed by atoms with E-state index in [1.807, 2.05) is 31.2 Å². The zero-order chi connectivity index (χ0) is 33.3. The van der Waals surface area contributed by atoms with Gasteiger partial charge in [-0.2, -0.15) is 0 Å². The first-order valence-electron chi connectivity index (χ1n) is 15.3. The van der Waals surface area contributed by atoms with E-state index in [2.05, 4.69) is 31.2 Å². The SMILES string of the molecule is COc1cc(CNCCO)cnc1C(=O)Nc1cccc(-c2nccc(-c3ccc(CNC[C@H]4CCC(=O)N4)c(OC)n3)c2Cl)c1C. The van der Waals surface area contributed by atoms with Crippen LogP contribution in [0.1, 0.15) is 40.0 Å². The van der Waals surface area contributed by atoms with E-state index in [-0.39, 0.29) is 24.2 Å². The lowest BCUT2D eigenvalue weighted by molar-refractivity contribution is -0.119. The van der Waals surface area contributed by atoms with Gasteiger partial charge in [0, 0.05) is 73.4 Å².